The summed E-state index contributed by atoms with van der Waals surface area (Å²) in [5.74, 6) is -2.16. The molecular formula is C14H20O7. The van der Waals surface area contributed by atoms with Gasteiger partial charge in [0, 0.05) is 0 Å². The summed E-state index contributed by atoms with van der Waals surface area (Å²) in [6.45, 7) is 1.46. The van der Waals surface area contributed by atoms with E-state index in [0.717, 1.165) is 6.42 Å². The minimum atomic E-state index is -1.78. The Labute approximate surface area is 122 Å². The number of carbonyl (C=O) groups is 2. The number of rotatable bonds is 6. The zero-order chi connectivity index (χ0) is 14.9. The van der Waals surface area contributed by atoms with E-state index < -0.39 is 23.5 Å². The molecule has 0 radical (unpaired) electrons. The highest BCUT2D eigenvalue weighted by Gasteiger charge is 2.51. The highest BCUT2D eigenvalue weighted by Crippen LogP contribution is 2.36. The quantitative estimate of drug-likeness (QED) is 0.535. The Kier molecular flexibility index (Phi) is 4.14. The summed E-state index contributed by atoms with van der Waals surface area (Å²) in [6, 6.07) is 0. The van der Waals surface area contributed by atoms with E-state index in [0.29, 0.717) is 26.1 Å². The van der Waals surface area contributed by atoms with Gasteiger partial charge in [-0.3, -0.25) is 4.79 Å². The van der Waals surface area contributed by atoms with Crippen molar-refractivity contribution in [3.05, 3.63) is 0 Å². The van der Waals surface area contributed by atoms with Crippen molar-refractivity contribution < 1.29 is 33.6 Å². The third-order valence-corrected chi connectivity index (χ3v) is 4.13. The average molecular weight is 300 g/mol. The predicted molar refractivity (Wildman–Crippen MR) is 68.3 cm³/mol. The van der Waals surface area contributed by atoms with Gasteiger partial charge in [0.2, 0.25) is 0 Å². The molecule has 2 heterocycles. The SMILES string of the molecule is O=C(OCC1CO1)C1CCCCC1(O)C(=O)OCC1CO1. The van der Waals surface area contributed by atoms with E-state index in [1.54, 1.807) is 0 Å². The van der Waals surface area contributed by atoms with Crippen LogP contribution in [0.25, 0.3) is 0 Å². The molecule has 0 aromatic heterocycles. The fraction of sp³-hybridized carbons (Fsp3) is 0.857. The molecule has 1 N–H and O–H groups in total. The topological polar surface area (TPSA) is 97.9 Å². The van der Waals surface area contributed by atoms with Crippen LogP contribution in [0.3, 0.4) is 0 Å². The summed E-state index contributed by atoms with van der Waals surface area (Å²) in [6.07, 6.45) is 2.00. The first-order chi connectivity index (χ1) is 10.1. The maximum absolute atomic E-state index is 12.2. The summed E-state index contributed by atoms with van der Waals surface area (Å²) >= 11 is 0. The largest absolute Gasteiger partial charge is 0.463 e. The van der Waals surface area contributed by atoms with Crippen molar-refractivity contribution in [2.45, 2.75) is 43.5 Å². The molecule has 3 rings (SSSR count). The highest BCUT2D eigenvalue weighted by molar-refractivity contribution is 5.87. The van der Waals surface area contributed by atoms with Gasteiger partial charge in [-0.1, -0.05) is 6.42 Å². The van der Waals surface area contributed by atoms with Gasteiger partial charge < -0.3 is 24.1 Å². The molecule has 4 atom stereocenters. The zero-order valence-corrected chi connectivity index (χ0v) is 11.8. The van der Waals surface area contributed by atoms with Gasteiger partial charge in [-0.05, 0) is 19.3 Å². The van der Waals surface area contributed by atoms with Crippen molar-refractivity contribution in [2.75, 3.05) is 26.4 Å². The van der Waals surface area contributed by atoms with E-state index in [9.17, 15) is 14.7 Å². The molecule has 7 heteroatoms. The lowest BCUT2D eigenvalue weighted by molar-refractivity contribution is -0.186. The number of hydrogen-bond donors (Lipinski definition) is 1. The second kappa shape index (κ2) is 5.90. The zero-order valence-electron chi connectivity index (χ0n) is 11.8. The maximum atomic E-state index is 12.2. The molecule has 0 aromatic rings. The van der Waals surface area contributed by atoms with Crippen LogP contribution >= 0.6 is 0 Å². The van der Waals surface area contributed by atoms with E-state index >= 15 is 0 Å². The third kappa shape index (κ3) is 3.53. The molecule has 2 saturated heterocycles. The summed E-state index contributed by atoms with van der Waals surface area (Å²) in [5.41, 5.74) is -1.78. The number of epoxide rings is 2. The van der Waals surface area contributed by atoms with Crippen LogP contribution in [0.5, 0.6) is 0 Å². The first kappa shape index (κ1) is 14.7. The molecule has 0 bridgehead atoms. The normalized spacial score (nSPS) is 37.7. The lowest BCUT2D eigenvalue weighted by atomic mass is 9.75. The molecule has 3 aliphatic rings. The Morgan fingerprint density at radius 1 is 1.10 bits per heavy atom. The van der Waals surface area contributed by atoms with Crippen LogP contribution in [0.2, 0.25) is 0 Å². The fourth-order valence-electron chi connectivity index (χ4n) is 2.61. The smallest absolute Gasteiger partial charge is 0.339 e. The number of ether oxygens (including phenoxy) is 4. The van der Waals surface area contributed by atoms with Gasteiger partial charge in [-0.15, -0.1) is 0 Å². The first-order valence-electron chi connectivity index (χ1n) is 7.39. The fourth-order valence-corrected chi connectivity index (χ4v) is 2.61. The minimum Gasteiger partial charge on any atom is -0.463 e. The Morgan fingerprint density at radius 3 is 2.33 bits per heavy atom. The molecule has 0 spiro atoms. The molecule has 0 amide bonds. The number of hydrogen-bond acceptors (Lipinski definition) is 7. The Hall–Kier alpha value is -1.18. The standard InChI is InChI=1S/C14H20O7/c15-12(20-7-9-5-18-9)11-3-1-2-4-14(11,17)13(16)21-8-10-6-19-10/h9-11,17H,1-8H2. The maximum Gasteiger partial charge on any atom is 0.339 e. The van der Waals surface area contributed by atoms with E-state index in [-0.39, 0.29) is 31.8 Å². The van der Waals surface area contributed by atoms with Crippen LogP contribution < -0.4 is 0 Å². The molecular weight excluding hydrogens is 280 g/mol. The number of esters is 2. The van der Waals surface area contributed by atoms with Crippen molar-refractivity contribution in [3.8, 4) is 0 Å². The van der Waals surface area contributed by atoms with E-state index in [4.69, 9.17) is 18.9 Å². The highest BCUT2D eigenvalue weighted by atomic mass is 16.6. The van der Waals surface area contributed by atoms with Crippen molar-refractivity contribution in [1.82, 2.24) is 0 Å². The average Bonchev–Trinajstić information content (AvgIpc) is 3.37. The number of aliphatic hydroxyl groups is 1. The van der Waals surface area contributed by atoms with E-state index in [1.807, 2.05) is 0 Å². The second-order valence-corrected chi connectivity index (χ2v) is 5.86. The summed E-state index contributed by atoms with van der Waals surface area (Å²) in [5, 5.41) is 10.6. The molecule has 7 nitrogen and oxygen atoms in total. The van der Waals surface area contributed by atoms with Crippen LogP contribution in [-0.2, 0) is 28.5 Å². The van der Waals surface area contributed by atoms with Crippen molar-refractivity contribution >= 4 is 11.9 Å². The van der Waals surface area contributed by atoms with Gasteiger partial charge in [-0.25, -0.2) is 4.79 Å². The van der Waals surface area contributed by atoms with Gasteiger partial charge in [0.15, 0.2) is 5.60 Å². The molecule has 1 saturated carbocycles. The van der Waals surface area contributed by atoms with Crippen LogP contribution in [0, 0.1) is 5.92 Å². The monoisotopic (exact) mass is 300 g/mol. The Balaban J connectivity index is 1.59. The lowest BCUT2D eigenvalue weighted by Gasteiger charge is -2.36. The summed E-state index contributed by atoms with van der Waals surface area (Å²) in [4.78, 5) is 24.3. The molecule has 4 unspecified atom stereocenters. The molecule has 3 fully saturated rings. The van der Waals surface area contributed by atoms with Gasteiger partial charge in [0.1, 0.15) is 25.4 Å². The van der Waals surface area contributed by atoms with Gasteiger partial charge >= 0.3 is 11.9 Å². The van der Waals surface area contributed by atoms with Crippen molar-refractivity contribution in [1.29, 1.82) is 0 Å². The molecule has 2 aliphatic heterocycles. The lowest BCUT2D eigenvalue weighted by Crippen LogP contribution is -2.52. The predicted octanol–water partition coefficient (Wildman–Crippen LogP) is -0.208. The van der Waals surface area contributed by atoms with Crippen LogP contribution in [0.1, 0.15) is 25.7 Å². The van der Waals surface area contributed by atoms with Gasteiger partial charge in [0.05, 0.1) is 19.1 Å². The van der Waals surface area contributed by atoms with Crippen molar-refractivity contribution in [2.24, 2.45) is 5.92 Å². The first-order valence-corrected chi connectivity index (χ1v) is 7.39. The van der Waals surface area contributed by atoms with Crippen LogP contribution in [0.4, 0.5) is 0 Å². The molecule has 21 heavy (non-hydrogen) atoms. The third-order valence-electron chi connectivity index (χ3n) is 4.13. The van der Waals surface area contributed by atoms with Gasteiger partial charge in [-0.2, -0.15) is 0 Å². The molecule has 0 aromatic carbocycles. The minimum absolute atomic E-state index is 0.0374. The number of carbonyl (C=O) groups excluding carboxylic acids is 2. The Bertz CT molecular complexity index is 416. The molecule has 118 valence electrons. The van der Waals surface area contributed by atoms with Crippen LogP contribution in [0.15, 0.2) is 0 Å². The second-order valence-electron chi connectivity index (χ2n) is 5.86. The van der Waals surface area contributed by atoms with Crippen molar-refractivity contribution in [3.63, 3.8) is 0 Å². The summed E-state index contributed by atoms with van der Waals surface area (Å²) in [7, 11) is 0. The molecule has 1 aliphatic carbocycles. The summed E-state index contributed by atoms with van der Waals surface area (Å²) < 4.78 is 20.1. The van der Waals surface area contributed by atoms with Crippen LogP contribution in [-0.4, -0.2) is 61.3 Å². The van der Waals surface area contributed by atoms with E-state index in [2.05, 4.69) is 0 Å². The van der Waals surface area contributed by atoms with E-state index in [1.165, 1.54) is 0 Å². The van der Waals surface area contributed by atoms with Gasteiger partial charge in [0.25, 0.3) is 0 Å². The Morgan fingerprint density at radius 2 is 1.71 bits per heavy atom.